The van der Waals surface area contributed by atoms with Crippen molar-refractivity contribution < 1.29 is 9.90 Å². The number of carbonyl (C=O) groups is 1. The van der Waals surface area contributed by atoms with Crippen molar-refractivity contribution in [3.8, 4) is 0 Å². The molecule has 1 aromatic rings. The van der Waals surface area contributed by atoms with Gasteiger partial charge in [-0.2, -0.15) is 0 Å². The molecular weight excluding hydrogens is 206 g/mol. The fraction of sp³-hybridized carbons (Fsp3) is 0.727. The molecule has 5 nitrogen and oxygen atoms in total. The number of hydrogen-bond acceptors (Lipinski definition) is 3. The Kier molecular flexibility index (Phi) is 3.35. The number of hydrogen-bond donors (Lipinski definition) is 1. The van der Waals surface area contributed by atoms with Crippen LogP contribution in [0.2, 0.25) is 0 Å². The van der Waals surface area contributed by atoms with Crippen LogP contribution in [0.4, 0.5) is 0 Å². The van der Waals surface area contributed by atoms with E-state index in [-0.39, 0.29) is 11.2 Å². The number of aromatic carboxylic acids is 1. The van der Waals surface area contributed by atoms with Crippen molar-refractivity contribution >= 4 is 5.97 Å². The van der Waals surface area contributed by atoms with Crippen LogP contribution in [-0.2, 0) is 12.0 Å². The van der Waals surface area contributed by atoms with E-state index in [1.807, 2.05) is 34.6 Å². The van der Waals surface area contributed by atoms with Gasteiger partial charge in [-0.05, 0) is 33.1 Å². The van der Waals surface area contributed by atoms with Gasteiger partial charge in [0.2, 0.25) is 0 Å². The van der Waals surface area contributed by atoms with Gasteiger partial charge in [-0.25, -0.2) is 9.48 Å². The second-order valence-electron chi connectivity index (χ2n) is 5.37. The molecule has 0 aliphatic rings. The monoisotopic (exact) mass is 225 g/mol. The van der Waals surface area contributed by atoms with Crippen LogP contribution in [0.25, 0.3) is 0 Å². The maximum Gasteiger partial charge on any atom is 0.358 e. The number of carboxylic acid groups (broad SMARTS) is 1. The minimum Gasteiger partial charge on any atom is -0.476 e. The summed E-state index contributed by atoms with van der Waals surface area (Å²) in [5.41, 5.74) is 0.531. The summed E-state index contributed by atoms with van der Waals surface area (Å²) in [7, 11) is 0. The van der Waals surface area contributed by atoms with Gasteiger partial charge in [-0.3, -0.25) is 0 Å². The Labute approximate surface area is 95.5 Å². The number of aromatic nitrogens is 3. The van der Waals surface area contributed by atoms with Crippen molar-refractivity contribution in [3.63, 3.8) is 0 Å². The van der Waals surface area contributed by atoms with E-state index in [0.29, 0.717) is 18.0 Å². The molecule has 90 valence electrons. The molecule has 1 N–H and O–H groups in total. The lowest BCUT2D eigenvalue weighted by Gasteiger charge is -2.22. The molecule has 0 atom stereocenters. The highest BCUT2D eigenvalue weighted by molar-refractivity contribution is 5.86. The molecule has 0 bridgehead atoms. The van der Waals surface area contributed by atoms with Crippen molar-refractivity contribution in [2.24, 2.45) is 5.92 Å². The maximum absolute atomic E-state index is 11.0. The van der Waals surface area contributed by atoms with E-state index in [0.717, 1.165) is 0 Å². The van der Waals surface area contributed by atoms with Crippen molar-refractivity contribution in [3.05, 3.63) is 11.4 Å². The normalized spacial score (nSPS) is 12.1. The lowest BCUT2D eigenvalue weighted by Crippen LogP contribution is -2.26. The quantitative estimate of drug-likeness (QED) is 0.853. The minimum atomic E-state index is -1.01. The molecule has 0 aliphatic carbocycles. The van der Waals surface area contributed by atoms with Gasteiger partial charge in [-0.1, -0.05) is 19.1 Å². The summed E-state index contributed by atoms with van der Waals surface area (Å²) in [4.78, 5) is 11.0. The Bertz CT molecular complexity index is 388. The molecule has 0 fully saturated rings. The summed E-state index contributed by atoms with van der Waals surface area (Å²) < 4.78 is 1.70. The first-order chi connectivity index (χ1) is 7.23. The first kappa shape index (κ1) is 12.7. The summed E-state index contributed by atoms with van der Waals surface area (Å²) >= 11 is 0. The molecule has 0 saturated carbocycles. The molecule has 0 radical (unpaired) electrons. The molecule has 0 amide bonds. The molecule has 0 saturated heterocycles. The Hall–Kier alpha value is -1.39. The Morgan fingerprint density at radius 1 is 1.44 bits per heavy atom. The van der Waals surface area contributed by atoms with Gasteiger partial charge < -0.3 is 5.11 Å². The fourth-order valence-corrected chi connectivity index (χ4v) is 1.58. The smallest absolute Gasteiger partial charge is 0.358 e. The lowest BCUT2D eigenvalue weighted by atomic mass is 10.0. The topological polar surface area (TPSA) is 68.0 Å². The third kappa shape index (κ3) is 2.59. The average Bonchev–Trinajstić information content (AvgIpc) is 2.45. The molecule has 0 spiro atoms. The van der Waals surface area contributed by atoms with Crippen molar-refractivity contribution in [1.82, 2.24) is 15.0 Å². The van der Waals surface area contributed by atoms with E-state index in [2.05, 4.69) is 10.3 Å². The third-order valence-corrected chi connectivity index (χ3v) is 2.20. The van der Waals surface area contributed by atoms with Crippen LogP contribution in [0.3, 0.4) is 0 Å². The molecule has 0 aliphatic heterocycles. The first-order valence-corrected chi connectivity index (χ1v) is 5.42. The van der Waals surface area contributed by atoms with Gasteiger partial charge in [0.1, 0.15) is 0 Å². The van der Waals surface area contributed by atoms with Gasteiger partial charge in [0.15, 0.2) is 5.69 Å². The maximum atomic E-state index is 11.0. The Morgan fingerprint density at radius 2 is 2.00 bits per heavy atom. The van der Waals surface area contributed by atoms with Gasteiger partial charge in [0.05, 0.1) is 11.2 Å². The Balaban J connectivity index is 3.25. The Morgan fingerprint density at radius 3 is 2.38 bits per heavy atom. The standard InChI is InChI=1S/C11H19N3O2/c1-7(2)6-8-9(10(15)16)12-13-14(8)11(3,4)5/h7H,6H2,1-5H3,(H,15,16). The molecule has 1 aromatic heterocycles. The van der Waals surface area contributed by atoms with E-state index < -0.39 is 5.97 Å². The second kappa shape index (κ2) is 4.23. The zero-order valence-electron chi connectivity index (χ0n) is 10.5. The molecule has 0 aromatic carbocycles. The van der Waals surface area contributed by atoms with E-state index in [9.17, 15) is 4.79 Å². The molecule has 0 unspecified atom stereocenters. The van der Waals surface area contributed by atoms with E-state index in [4.69, 9.17) is 5.11 Å². The van der Waals surface area contributed by atoms with Crippen LogP contribution in [0, 0.1) is 5.92 Å². The van der Waals surface area contributed by atoms with Crippen molar-refractivity contribution in [1.29, 1.82) is 0 Å². The van der Waals surface area contributed by atoms with Gasteiger partial charge in [0.25, 0.3) is 0 Å². The zero-order chi connectivity index (χ0) is 12.5. The van der Waals surface area contributed by atoms with Crippen LogP contribution < -0.4 is 0 Å². The predicted octanol–water partition coefficient (Wildman–Crippen LogP) is 1.93. The van der Waals surface area contributed by atoms with Crippen molar-refractivity contribution in [2.75, 3.05) is 0 Å². The van der Waals surface area contributed by atoms with Crippen LogP contribution in [-0.4, -0.2) is 26.1 Å². The number of nitrogens with zero attached hydrogens (tertiary/aromatic N) is 3. The molecule has 16 heavy (non-hydrogen) atoms. The SMILES string of the molecule is CC(C)Cc1c(C(=O)O)nnn1C(C)(C)C. The van der Waals surface area contributed by atoms with Gasteiger partial charge >= 0.3 is 5.97 Å². The number of carboxylic acids is 1. The lowest BCUT2D eigenvalue weighted by molar-refractivity contribution is 0.0689. The average molecular weight is 225 g/mol. The van der Waals surface area contributed by atoms with Crippen molar-refractivity contribution in [2.45, 2.75) is 46.6 Å². The highest BCUT2D eigenvalue weighted by atomic mass is 16.4. The largest absolute Gasteiger partial charge is 0.476 e. The number of rotatable bonds is 3. The zero-order valence-corrected chi connectivity index (χ0v) is 10.5. The molecule has 1 heterocycles. The van der Waals surface area contributed by atoms with Crippen LogP contribution >= 0.6 is 0 Å². The summed E-state index contributed by atoms with van der Waals surface area (Å²) in [6.45, 7) is 10.0. The predicted molar refractivity (Wildman–Crippen MR) is 60.5 cm³/mol. The summed E-state index contributed by atoms with van der Waals surface area (Å²) in [5.74, 6) is -0.635. The van der Waals surface area contributed by atoms with Crippen LogP contribution in [0.1, 0.15) is 50.8 Å². The summed E-state index contributed by atoms with van der Waals surface area (Å²) in [6.07, 6.45) is 0.673. The summed E-state index contributed by atoms with van der Waals surface area (Å²) in [5, 5.41) is 16.7. The van der Waals surface area contributed by atoms with E-state index in [1.54, 1.807) is 4.68 Å². The van der Waals surface area contributed by atoms with E-state index in [1.165, 1.54) is 0 Å². The van der Waals surface area contributed by atoms with E-state index >= 15 is 0 Å². The summed E-state index contributed by atoms with van der Waals surface area (Å²) in [6, 6.07) is 0. The van der Waals surface area contributed by atoms with Gasteiger partial charge in [-0.15, -0.1) is 5.10 Å². The van der Waals surface area contributed by atoms with Crippen LogP contribution in [0.5, 0.6) is 0 Å². The fourth-order valence-electron chi connectivity index (χ4n) is 1.58. The second-order valence-corrected chi connectivity index (χ2v) is 5.37. The highest BCUT2D eigenvalue weighted by Crippen LogP contribution is 2.20. The van der Waals surface area contributed by atoms with Crippen LogP contribution in [0.15, 0.2) is 0 Å². The van der Waals surface area contributed by atoms with Gasteiger partial charge in [0, 0.05) is 0 Å². The molecular formula is C11H19N3O2. The third-order valence-electron chi connectivity index (χ3n) is 2.20. The molecule has 5 heteroatoms. The first-order valence-electron chi connectivity index (χ1n) is 5.42. The molecule has 1 rings (SSSR count). The minimum absolute atomic E-state index is 0.0728. The highest BCUT2D eigenvalue weighted by Gasteiger charge is 2.25.